The van der Waals surface area contributed by atoms with Crippen molar-refractivity contribution in [2.75, 3.05) is 18.0 Å². The van der Waals surface area contributed by atoms with Crippen molar-refractivity contribution >= 4 is 11.6 Å². The highest BCUT2D eigenvalue weighted by molar-refractivity contribution is 5.96. The van der Waals surface area contributed by atoms with E-state index in [1.165, 1.54) is 0 Å². The summed E-state index contributed by atoms with van der Waals surface area (Å²) in [7, 11) is 0. The molecule has 0 bridgehead atoms. The van der Waals surface area contributed by atoms with Crippen LogP contribution in [0.1, 0.15) is 17.5 Å². The van der Waals surface area contributed by atoms with Gasteiger partial charge in [-0.25, -0.2) is 4.98 Å². The number of nitrogens with two attached hydrogens (primary N) is 1. The monoisotopic (exact) mass is 434 g/mol. The van der Waals surface area contributed by atoms with E-state index in [-0.39, 0.29) is 11.8 Å². The van der Waals surface area contributed by atoms with Crippen LogP contribution in [0.5, 0.6) is 0 Å². The van der Waals surface area contributed by atoms with E-state index in [0.29, 0.717) is 31.6 Å². The summed E-state index contributed by atoms with van der Waals surface area (Å²) in [6.45, 7) is 1.86. The van der Waals surface area contributed by atoms with Gasteiger partial charge < -0.3 is 15.2 Å². The quantitative estimate of drug-likeness (QED) is 0.470. The number of hydrogen-bond donors (Lipinski definition) is 1. The smallest absolute Gasteiger partial charge is 0.227 e. The molecule has 2 aliphatic heterocycles. The lowest BCUT2D eigenvalue weighted by Gasteiger charge is -2.19. The van der Waals surface area contributed by atoms with E-state index >= 15 is 0 Å². The Bertz CT molecular complexity index is 1420. The molecule has 0 radical (unpaired) electrons. The summed E-state index contributed by atoms with van der Waals surface area (Å²) < 4.78 is 4.31. The molecule has 0 unspecified atom stereocenters. The molecular formula is C26H22N6O. The maximum atomic E-state index is 12.6. The predicted octanol–water partition coefficient (Wildman–Crippen LogP) is 3.55. The van der Waals surface area contributed by atoms with Crippen LogP contribution < -0.4 is 10.6 Å². The molecule has 0 saturated carbocycles. The van der Waals surface area contributed by atoms with Gasteiger partial charge in [-0.2, -0.15) is 5.26 Å². The maximum Gasteiger partial charge on any atom is 0.227 e. The average molecular weight is 435 g/mol. The van der Waals surface area contributed by atoms with Crippen molar-refractivity contribution in [2.24, 2.45) is 11.7 Å². The lowest BCUT2D eigenvalue weighted by Crippen LogP contribution is -2.26. The highest BCUT2D eigenvalue weighted by Crippen LogP contribution is 2.36. The Morgan fingerprint density at radius 3 is 2.73 bits per heavy atom. The minimum atomic E-state index is 0.132. The summed E-state index contributed by atoms with van der Waals surface area (Å²) in [5.41, 5.74) is 12.7. The van der Waals surface area contributed by atoms with Crippen LogP contribution in [-0.4, -0.2) is 33.1 Å². The van der Waals surface area contributed by atoms with E-state index in [9.17, 15) is 4.79 Å². The molecule has 0 spiro atoms. The second-order valence-electron chi connectivity index (χ2n) is 8.68. The number of anilines is 1. The Balaban J connectivity index is 1.43. The van der Waals surface area contributed by atoms with Gasteiger partial charge >= 0.3 is 0 Å². The molecule has 6 rings (SSSR count). The van der Waals surface area contributed by atoms with Crippen LogP contribution >= 0.6 is 0 Å². The lowest BCUT2D eigenvalue weighted by molar-refractivity contribution is -0.117. The van der Waals surface area contributed by atoms with Crippen molar-refractivity contribution in [1.29, 1.82) is 5.26 Å². The zero-order chi connectivity index (χ0) is 22.5. The van der Waals surface area contributed by atoms with Gasteiger partial charge in [0.1, 0.15) is 0 Å². The Labute approximate surface area is 191 Å². The van der Waals surface area contributed by atoms with E-state index in [1.807, 2.05) is 47.6 Å². The molecule has 1 amide bonds. The molecule has 4 aromatic rings. The van der Waals surface area contributed by atoms with Gasteiger partial charge in [-0.15, -0.1) is 0 Å². The molecule has 4 heterocycles. The van der Waals surface area contributed by atoms with Crippen molar-refractivity contribution in [3.05, 3.63) is 78.2 Å². The van der Waals surface area contributed by atoms with E-state index < -0.39 is 0 Å². The first-order chi connectivity index (χ1) is 16.1. The predicted molar refractivity (Wildman–Crippen MR) is 126 cm³/mol. The molecule has 7 nitrogen and oxygen atoms in total. The van der Waals surface area contributed by atoms with Gasteiger partial charge in [-0.05, 0) is 60.0 Å². The van der Waals surface area contributed by atoms with Crippen LogP contribution in [0.3, 0.4) is 0 Å². The highest BCUT2D eigenvalue weighted by Gasteiger charge is 2.30. The molecule has 1 saturated heterocycles. The fourth-order valence-corrected chi connectivity index (χ4v) is 4.89. The minimum Gasteiger partial charge on any atom is -0.340 e. The normalized spacial score (nSPS) is 16.7. The van der Waals surface area contributed by atoms with Gasteiger partial charge in [-0.3, -0.25) is 9.36 Å². The van der Waals surface area contributed by atoms with Gasteiger partial charge in [0.25, 0.3) is 0 Å². The summed E-state index contributed by atoms with van der Waals surface area (Å²) in [6.07, 6.45) is 6.42. The number of amides is 1. The van der Waals surface area contributed by atoms with Crippen molar-refractivity contribution < 1.29 is 4.79 Å². The number of benzene rings is 2. The van der Waals surface area contributed by atoms with Gasteiger partial charge in [0, 0.05) is 49.4 Å². The average Bonchev–Trinajstić information content (AvgIpc) is 3.56. The van der Waals surface area contributed by atoms with E-state index in [0.717, 1.165) is 39.6 Å². The Hall–Kier alpha value is -4.15. The van der Waals surface area contributed by atoms with Gasteiger partial charge in [0.2, 0.25) is 5.91 Å². The molecule has 2 N–H and O–H groups in total. The van der Waals surface area contributed by atoms with E-state index in [4.69, 9.17) is 11.0 Å². The number of hydrogen-bond acceptors (Lipinski definition) is 4. The number of nitriles is 1. The van der Waals surface area contributed by atoms with Crippen molar-refractivity contribution in [1.82, 2.24) is 14.1 Å². The number of nitrogens with zero attached hydrogens (tertiary/aromatic N) is 5. The van der Waals surface area contributed by atoms with Crippen LogP contribution in [0.15, 0.2) is 67.1 Å². The second-order valence-corrected chi connectivity index (χ2v) is 8.68. The summed E-state index contributed by atoms with van der Waals surface area (Å²) in [4.78, 5) is 19.1. The third kappa shape index (κ3) is 3.15. The Morgan fingerprint density at radius 1 is 1.12 bits per heavy atom. The molecule has 1 atom stereocenters. The SMILES string of the molecule is N#Cc1ccc(-c2cc3n(c2)Cc2cc(N4C[C@@H](CN)CC4=O)ccc2-n2ccnc2-3)cc1. The first-order valence-electron chi connectivity index (χ1n) is 11.0. The zero-order valence-electron chi connectivity index (χ0n) is 18.0. The number of rotatable bonds is 3. The summed E-state index contributed by atoms with van der Waals surface area (Å²) >= 11 is 0. The fraction of sp³-hybridized carbons (Fsp3) is 0.192. The second kappa shape index (κ2) is 7.47. The number of fused-ring (bicyclic) bond motifs is 5. The van der Waals surface area contributed by atoms with Crippen LogP contribution in [0.25, 0.3) is 28.3 Å². The van der Waals surface area contributed by atoms with Crippen LogP contribution in [0.2, 0.25) is 0 Å². The Kier molecular flexibility index (Phi) is 4.42. The molecule has 7 heteroatoms. The number of carbonyl (C=O) groups is 1. The van der Waals surface area contributed by atoms with Crippen LogP contribution in [0.4, 0.5) is 5.69 Å². The summed E-state index contributed by atoms with van der Waals surface area (Å²) in [5, 5.41) is 9.09. The Morgan fingerprint density at radius 2 is 1.97 bits per heavy atom. The number of carbonyl (C=O) groups excluding carboxylic acids is 1. The topological polar surface area (TPSA) is 92.9 Å². The molecule has 2 aromatic carbocycles. The lowest BCUT2D eigenvalue weighted by atomic mass is 10.1. The van der Waals surface area contributed by atoms with E-state index in [1.54, 1.807) is 0 Å². The summed E-state index contributed by atoms with van der Waals surface area (Å²) in [5.74, 6) is 1.22. The molecule has 162 valence electrons. The van der Waals surface area contributed by atoms with Gasteiger partial charge in [0.15, 0.2) is 5.82 Å². The standard InChI is InChI=1S/C26H22N6O/c27-12-17-1-3-19(4-2-17)20-11-24-26-29-7-8-31(26)23-6-5-22(10-21(23)16-30(24)15-20)32-14-18(13-28)9-25(32)33/h1-8,10-11,15,18H,9,13-14,16,28H2/t18-/m1/s1. The van der Waals surface area contributed by atoms with Gasteiger partial charge in [0.05, 0.1) is 23.0 Å². The molecule has 1 fully saturated rings. The van der Waals surface area contributed by atoms with Crippen molar-refractivity contribution in [3.8, 4) is 34.4 Å². The van der Waals surface area contributed by atoms with E-state index in [2.05, 4.69) is 44.6 Å². The van der Waals surface area contributed by atoms with Crippen molar-refractivity contribution in [2.45, 2.75) is 13.0 Å². The highest BCUT2D eigenvalue weighted by atomic mass is 16.2. The summed E-state index contributed by atoms with van der Waals surface area (Å²) in [6, 6.07) is 18.1. The van der Waals surface area contributed by atoms with Crippen LogP contribution in [-0.2, 0) is 11.3 Å². The number of imidazole rings is 1. The number of aromatic nitrogens is 3. The van der Waals surface area contributed by atoms with Gasteiger partial charge in [-0.1, -0.05) is 12.1 Å². The fourth-order valence-electron chi connectivity index (χ4n) is 4.89. The molecular weight excluding hydrogens is 412 g/mol. The van der Waals surface area contributed by atoms with Crippen LogP contribution in [0, 0.1) is 17.2 Å². The largest absolute Gasteiger partial charge is 0.340 e. The molecule has 2 aromatic heterocycles. The molecule has 2 aliphatic rings. The minimum absolute atomic E-state index is 0.132. The maximum absolute atomic E-state index is 12.6. The third-order valence-electron chi connectivity index (χ3n) is 6.63. The van der Waals surface area contributed by atoms with Crippen molar-refractivity contribution in [3.63, 3.8) is 0 Å². The third-order valence-corrected chi connectivity index (χ3v) is 6.63. The first kappa shape index (κ1) is 19.5. The zero-order valence-corrected chi connectivity index (χ0v) is 18.0. The molecule has 0 aliphatic carbocycles. The first-order valence-corrected chi connectivity index (χ1v) is 11.0. The molecule has 33 heavy (non-hydrogen) atoms.